The molecule has 0 fully saturated rings. The lowest BCUT2D eigenvalue weighted by atomic mass is 10.0. The minimum absolute atomic E-state index is 0.265. The lowest BCUT2D eigenvalue weighted by Gasteiger charge is -2.13. The van der Waals surface area contributed by atoms with Crippen LogP contribution < -0.4 is 5.32 Å². The summed E-state index contributed by atoms with van der Waals surface area (Å²) in [7, 11) is 0. The zero-order valence-electron chi connectivity index (χ0n) is 11.4. The van der Waals surface area contributed by atoms with Gasteiger partial charge in [0.1, 0.15) is 5.82 Å². The molecular formula is C15H16ClFN2O. The first kappa shape index (κ1) is 16.1. The highest BCUT2D eigenvalue weighted by Crippen LogP contribution is 2.27. The van der Waals surface area contributed by atoms with Crippen LogP contribution in [0.3, 0.4) is 0 Å². The number of carbonyl (C=O) groups is 1. The molecular weight excluding hydrogens is 279 g/mol. The van der Waals surface area contributed by atoms with Crippen molar-refractivity contribution < 1.29 is 9.18 Å². The summed E-state index contributed by atoms with van der Waals surface area (Å²) >= 11 is 6.02. The molecule has 1 N–H and O–H groups in total. The minimum atomic E-state index is -0.395. The quantitative estimate of drug-likeness (QED) is 0.486. The highest BCUT2D eigenvalue weighted by atomic mass is 35.5. The summed E-state index contributed by atoms with van der Waals surface area (Å²) in [4.78, 5) is 14.2. The Bertz CT molecular complexity index is 547. The molecule has 1 aromatic rings. The Hall–Kier alpha value is -1.94. The van der Waals surface area contributed by atoms with Crippen molar-refractivity contribution in [3.63, 3.8) is 0 Å². The van der Waals surface area contributed by atoms with Crippen LogP contribution in [0.2, 0.25) is 5.02 Å². The second kappa shape index (κ2) is 7.60. The number of nitrogens with zero attached hydrogens (tertiary/aromatic N) is 1. The van der Waals surface area contributed by atoms with Gasteiger partial charge in [-0.25, -0.2) is 4.39 Å². The number of carbonyl (C=O) groups excluding carboxylic acids is 1. The molecule has 0 heterocycles. The number of halogens is 2. The molecule has 1 atom stereocenters. The molecule has 20 heavy (non-hydrogen) atoms. The van der Waals surface area contributed by atoms with E-state index in [0.29, 0.717) is 28.1 Å². The van der Waals surface area contributed by atoms with Crippen LogP contribution >= 0.6 is 11.6 Å². The van der Waals surface area contributed by atoms with Gasteiger partial charge in [-0.2, -0.15) is 0 Å². The summed E-state index contributed by atoms with van der Waals surface area (Å²) in [6.45, 7) is 6.92. The summed E-state index contributed by atoms with van der Waals surface area (Å²) in [6.07, 6.45) is 3.83. The van der Waals surface area contributed by atoms with E-state index in [9.17, 15) is 9.18 Å². The molecule has 0 bridgehead atoms. The number of rotatable bonds is 6. The maximum absolute atomic E-state index is 13.8. The van der Waals surface area contributed by atoms with Crippen molar-refractivity contribution in [2.75, 3.05) is 0 Å². The third kappa shape index (κ3) is 4.03. The molecule has 0 aliphatic carbocycles. The van der Waals surface area contributed by atoms with E-state index in [-0.39, 0.29) is 6.04 Å². The highest BCUT2D eigenvalue weighted by molar-refractivity contribution is 6.32. The predicted octanol–water partition coefficient (Wildman–Crippen LogP) is 3.60. The fourth-order valence-corrected chi connectivity index (χ4v) is 2.09. The monoisotopic (exact) mass is 294 g/mol. The summed E-state index contributed by atoms with van der Waals surface area (Å²) in [5, 5.41) is 2.94. The molecule has 0 aromatic heterocycles. The van der Waals surface area contributed by atoms with E-state index in [1.54, 1.807) is 32.1 Å². The molecule has 1 amide bonds. The van der Waals surface area contributed by atoms with Crippen molar-refractivity contribution in [1.29, 1.82) is 0 Å². The van der Waals surface area contributed by atoms with Gasteiger partial charge in [-0.1, -0.05) is 23.7 Å². The molecule has 0 aliphatic heterocycles. The molecule has 106 valence electrons. The number of aliphatic imine (C=N–C) groups is 1. The van der Waals surface area contributed by atoms with Gasteiger partial charge < -0.3 is 5.32 Å². The Morgan fingerprint density at radius 3 is 2.80 bits per heavy atom. The molecule has 0 radical (unpaired) electrons. The lowest BCUT2D eigenvalue weighted by Crippen LogP contribution is -2.25. The zero-order valence-corrected chi connectivity index (χ0v) is 12.1. The number of nitrogens with one attached hydrogen (secondary N) is 1. The second-order valence-corrected chi connectivity index (χ2v) is 4.65. The van der Waals surface area contributed by atoms with Crippen LogP contribution in [-0.4, -0.2) is 19.2 Å². The van der Waals surface area contributed by atoms with Crippen LogP contribution in [0, 0.1) is 5.82 Å². The molecule has 0 saturated heterocycles. The molecule has 5 heteroatoms. The number of hydrogen-bond donors (Lipinski definition) is 1. The van der Waals surface area contributed by atoms with Gasteiger partial charge in [-0.15, -0.1) is 0 Å². The molecule has 0 saturated carbocycles. The smallest absolute Gasteiger partial charge is 0.207 e. The van der Waals surface area contributed by atoms with E-state index in [4.69, 9.17) is 11.6 Å². The number of hydrogen-bond acceptors (Lipinski definition) is 2. The van der Waals surface area contributed by atoms with Gasteiger partial charge in [-0.05, 0) is 43.8 Å². The Labute approximate surface area is 122 Å². The molecule has 3 nitrogen and oxygen atoms in total. The number of allylic oxidation sites excluding steroid dienone is 1. The van der Waals surface area contributed by atoms with Crippen molar-refractivity contribution in [1.82, 2.24) is 5.32 Å². The van der Waals surface area contributed by atoms with E-state index < -0.39 is 5.82 Å². The average molecular weight is 295 g/mol. The predicted molar refractivity (Wildman–Crippen MR) is 81.4 cm³/mol. The van der Waals surface area contributed by atoms with Crippen molar-refractivity contribution in [2.45, 2.75) is 19.9 Å². The number of benzene rings is 1. The van der Waals surface area contributed by atoms with Gasteiger partial charge in [-0.3, -0.25) is 9.79 Å². The van der Waals surface area contributed by atoms with Crippen LogP contribution in [0.1, 0.15) is 19.4 Å². The Balaban J connectivity index is 3.21. The largest absolute Gasteiger partial charge is 0.352 e. The second-order valence-electron chi connectivity index (χ2n) is 4.24. The normalized spacial score (nSPS) is 13.8. The maximum Gasteiger partial charge on any atom is 0.207 e. The topological polar surface area (TPSA) is 41.5 Å². The Morgan fingerprint density at radius 1 is 1.55 bits per heavy atom. The van der Waals surface area contributed by atoms with Crippen LogP contribution in [0.5, 0.6) is 0 Å². The van der Waals surface area contributed by atoms with Crippen molar-refractivity contribution in [3.05, 3.63) is 52.5 Å². The summed E-state index contributed by atoms with van der Waals surface area (Å²) in [5.41, 5.74) is 1.67. The molecule has 0 aliphatic rings. The molecule has 1 aromatic carbocycles. The highest BCUT2D eigenvalue weighted by Gasteiger charge is 2.11. The van der Waals surface area contributed by atoms with E-state index in [2.05, 4.69) is 17.0 Å². The third-order valence-electron chi connectivity index (χ3n) is 2.80. The van der Waals surface area contributed by atoms with E-state index >= 15 is 0 Å². The molecule has 1 rings (SSSR count). The Morgan fingerprint density at radius 2 is 2.25 bits per heavy atom. The van der Waals surface area contributed by atoms with Crippen LogP contribution in [0.4, 0.5) is 4.39 Å². The first-order valence-electron chi connectivity index (χ1n) is 5.99. The third-order valence-corrected chi connectivity index (χ3v) is 3.11. The van der Waals surface area contributed by atoms with E-state index in [1.807, 2.05) is 0 Å². The van der Waals surface area contributed by atoms with Gasteiger partial charge in [0.25, 0.3) is 0 Å². The lowest BCUT2D eigenvalue weighted by molar-refractivity contribution is -0.109. The van der Waals surface area contributed by atoms with Crippen molar-refractivity contribution >= 4 is 30.3 Å². The summed E-state index contributed by atoms with van der Waals surface area (Å²) < 4.78 is 13.8. The van der Waals surface area contributed by atoms with Crippen molar-refractivity contribution in [3.8, 4) is 0 Å². The average Bonchev–Trinajstić information content (AvgIpc) is 2.38. The first-order chi connectivity index (χ1) is 9.51. The fourth-order valence-electron chi connectivity index (χ4n) is 1.77. The van der Waals surface area contributed by atoms with Crippen LogP contribution in [0.15, 0.2) is 41.0 Å². The van der Waals surface area contributed by atoms with E-state index in [0.717, 1.165) is 0 Å². The first-order valence-corrected chi connectivity index (χ1v) is 6.37. The summed E-state index contributed by atoms with van der Waals surface area (Å²) in [5.74, 6) is -0.395. The van der Waals surface area contributed by atoms with Crippen LogP contribution in [-0.2, 0) is 4.79 Å². The van der Waals surface area contributed by atoms with Gasteiger partial charge >= 0.3 is 0 Å². The van der Waals surface area contributed by atoms with Crippen molar-refractivity contribution in [2.24, 2.45) is 4.99 Å². The Kier molecular flexibility index (Phi) is 6.12. The standard InChI is InChI=1S/C15H16ClFN2O/c1-10(15-13(16)5-4-6-14(15)17)7-12(8-18-3)11(2)19-9-20/h4-9,11H,3H2,1-2H3,(H,19,20)/b10-7+,12-8-. The van der Waals surface area contributed by atoms with Gasteiger partial charge in [0.2, 0.25) is 6.41 Å². The molecule has 0 spiro atoms. The van der Waals surface area contributed by atoms with Gasteiger partial charge in [0.15, 0.2) is 0 Å². The fraction of sp³-hybridized carbons (Fsp3) is 0.200. The molecule has 1 unspecified atom stereocenters. The number of amides is 1. The minimum Gasteiger partial charge on any atom is -0.352 e. The van der Waals surface area contributed by atoms with Gasteiger partial charge in [0.05, 0.1) is 11.1 Å². The van der Waals surface area contributed by atoms with E-state index in [1.165, 1.54) is 12.3 Å². The SMILES string of the molecule is C=N/C=C(/C=C(\C)c1c(F)cccc1Cl)C(C)NC=O. The summed E-state index contributed by atoms with van der Waals surface area (Å²) in [6, 6.07) is 4.26. The van der Waals surface area contributed by atoms with Crippen LogP contribution in [0.25, 0.3) is 5.57 Å². The van der Waals surface area contributed by atoms with Gasteiger partial charge in [0, 0.05) is 11.8 Å². The maximum atomic E-state index is 13.8. The zero-order chi connectivity index (χ0) is 15.1.